The largest absolute Gasteiger partial charge is 0.415 e. The van der Waals surface area contributed by atoms with E-state index in [9.17, 15) is 0 Å². The first-order valence-electron chi connectivity index (χ1n) is 32.6. The third-order valence-corrected chi connectivity index (χ3v) is 42.0. The lowest BCUT2D eigenvalue weighted by Crippen LogP contribution is -2.70. The van der Waals surface area contributed by atoms with Crippen molar-refractivity contribution in [2.24, 2.45) is 0 Å². The maximum Gasteiger partial charge on any atom is 0.320 e. The van der Waals surface area contributed by atoms with E-state index in [1.807, 2.05) is 0 Å². The maximum atomic E-state index is 8.80. The van der Waals surface area contributed by atoms with E-state index in [1.165, 1.54) is 257 Å². The second-order valence-corrected chi connectivity index (χ2v) is 41.4. The minimum atomic E-state index is -2.90. The molecule has 0 radical (unpaired) electrons. The first-order chi connectivity index (χ1) is 34.1. The molecule has 1 heterocycles. The normalized spacial score (nSPS) is 17.6. The van der Waals surface area contributed by atoms with Gasteiger partial charge < -0.3 is 20.6 Å². The van der Waals surface area contributed by atoms with Crippen LogP contribution in [0.3, 0.4) is 0 Å². The Morgan fingerprint density at radius 2 is 0.243 bits per heavy atom. The molecule has 0 spiro atoms. The fraction of sp³-hybridized carbons (Fsp3) is 1.00. The van der Waals surface area contributed by atoms with Crippen molar-refractivity contribution < 1.29 is 20.6 Å². The molecule has 70 heavy (non-hydrogen) atoms. The van der Waals surface area contributed by atoms with E-state index >= 15 is 0 Å². The summed E-state index contributed by atoms with van der Waals surface area (Å²) in [5, 5.41) is 0. The molecule has 1 aliphatic rings. The summed E-state index contributed by atoms with van der Waals surface area (Å²) in [4.78, 5) is 0. The second kappa shape index (κ2) is 45.0. The van der Waals surface area contributed by atoms with E-state index in [-0.39, 0.29) is 0 Å². The van der Waals surface area contributed by atoms with Crippen LogP contribution in [0.5, 0.6) is 0 Å². The topological polar surface area (TPSA) is 46.2 Å². The molecule has 1 aliphatic heterocycles. The minimum absolute atomic E-state index is 1.15. The Bertz CT molecular complexity index is 854. The Balaban J connectivity index is 4.80. The highest BCUT2D eigenvalue weighted by atomic mass is 28.5. The molecule has 0 N–H and O–H groups in total. The van der Waals surface area contributed by atoms with Crippen LogP contribution < -0.4 is 0 Å². The van der Waals surface area contributed by atoms with Gasteiger partial charge >= 0.3 is 42.8 Å². The molecular formula is C60H130O5Si5. The van der Waals surface area contributed by atoms with E-state index in [0.717, 1.165) is 60.4 Å². The molecule has 0 aromatic carbocycles. The highest BCUT2D eigenvalue weighted by Gasteiger charge is 2.61. The summed E-state index contributed by atoms with van der Waals surface area (Å²) >= 11 is 0. The van der Waals surface area contributed by atoms with Gasteiger partial charge in [-0.25, -0.2) is 0 Å². The molecule has 0 atom stereocenters. The summed E-state index contributed by atoms with van der Waals surface area (Å²) in [5.74, 6) is 0. The second-order valence-electron chi connectivity index (χ2n) is 23.2. The van der Waals surface area contributed by atoms with Gasteiger partial charge in [-0.15, -0.1) is 0 Å². The summed E-state index contributed by atoms with van der Waals surface area (Å²) in [6.07, 6.45) is 51.1. The monoisotopic (exact) mass is 1070 g/mol. The molecule has 1 fully saturated rings. The standard InChI is InChI=1S/C60H130O5Si5/c1-11-21-31-41-51-66(52-42-32-22-12-2)61-67(53-43-33-23-13-3,54-44-34-24-14-4)63-69(57-47-37-27-17-7,58-48-38-28-18-8)65-70(59-49-39-29-19-9,60-50-40-30-20-10)64-68(62-66,55-45-35-25-15-5)56-46-36-26-16-6/h11-60H2,1-10H3. The van der Waals surface area contributed by atoms with Crippen molar-refractivity contribution in [3.8, 4) is 0 Å². The van der Waals surface area contributed by atoms with Crippen LogP contribution in [0.1, 0.15) is 326 Å². The molecule has 0 aliphatic carbocycles. The summed E-state index contributed by atoms with van der Waals surface area (Å²) in [5.41, 5.74) is 0. The lowest BCUT2D eigenvalue weighted by molar-refractivity contribution is 0.202. The Morgan fingerprint density at radius 1 is 0.143 bits per heavy atom. The van der Waals surface area contributed by atoms with Crippen LogP contribution >= 0.6 is 0 Å². The summed E-state index contributed by atoms with van der Waals surface area (Å²) < 4.78 is 44.0. The maximum absolute atomic E-state index is 8.80. The molecular weight excluding hydrogens is 941 g/mol. The molecule has 1 rings (SSSR count). The summed E-state index contributed by atoms with van der Waals surface area (Å²) in [7, 11) is -14.5. The van der Waals surface area contributed by atoms with E-state index in [4.69, 9.17) is 20.6 Å². The summed E-state index contributed by atoms with van der Waals surface area (Å²) in [6, 6.07) is 11.5. The van der Waals surface area contributed by atoms with Crippen molar-refractivity contribution in [3.63, 3.8) is 0 Å². The first-order valence-corrected chi connectivity index (χ1v) is 43.8. The highest BCUT2D eigenvalue weighted by molar-refractivity contribution is 6.95. The molecule has 1 saturated heterocycles. The smallest absolute Gasteiger partial charge is 0.320 e. The Kier molecular flexibility index (Phi) is 44.2. The zero-order chi connectivity index (χ0) is 51.4. The molecule has 0 aromatic heterocycles. The number of hydrogen-bond acceptors (Lipinski definition) is 5. The van der Waals surface area contributed by atoms with E-state index in [0.29, 0.717) is 0 Å². The van der Waals surface area contributed by atoms with Gasteiger partial charge in [-0.2, -0.15) is 0 Å². The van der Waals surface area contributed by atoms with Crippen LogP contribution in [0.25, 0.3) is 0 Å². The van der Waals surface area contributed by atoms with Crippen LogP contribution in [-0.4, -0.2) is 42.8 Å². The molecule has 0 bridgehead atoms. The Morgan fingerprint density at radius 3 is 0.329 bits per heavy atom. The summed E-state index contributed by atoms with van der Waals surface area (Å²) in [6.45, 7) is 23.9. The number of rotatable bonds is 50. The fourth-order valence-electron chi connectivity index (χ4n) is 11.7. The molecule has 420 valence electrons. The zero-order valence-corrected chi connectivity index (χ0v) is 54.9. The van der Waals surface area contributed by atoms with Gasteiger partial charge in [0.1, 0.15) is 0 Å². The van der Waals surface area contributed by atoms with Gasteiger partial charge in [0.25, 0.3) is 0 Å². The predicted molar refractivity (Wildman–Crippen MR) is 324 cm³/mol. The van der Waals surface area contributed by atoms with Crippen molar-refractivity contribution in [1.29, 1.82) is 0 Å². The zero-order valence-electron chi connectivity index (χ0n) is 49.9. The molecule has 0 aromatic rings. The van der Waals surface area contributed by atoms with Gasteiger partial charge in [0.2, 0.25) is 0 Å². The highest BCUT2D eigenvalue weighted by Crippen LogP contribution is 2.47. The van der Waals surface area contributed by atoms with Crippen molar-refractivity contribution in [2.45, 2.75) is 387 Å². The SMILES string of the molecule is CCCCCC[Si]1(CCCCCC)O[Si](CCCCCC)(CCCCCC)O[Si](CCCCCC)(CCCCCC)O[Si](CCCCCC)(CCCCCC)O[Si](CCCCCC)(CCCCCC)O1. The molecule has 5 nitrogen and oxygen atoms in total. The van der Waals surface area contributed by atoms with Gasteiger partial charge in [-0.05, 0) is 60.4 Å². The Labute approximate surface area is 447 Å². The number of hydrogen-bond donors (Lipinski definition) is 0. The first kappa shape index (κ1) is 68.9. The van der Waals surface area contributed by atoms with Crippen LogP contribution in [-0.2, 0) is 20.6 Å². The lowest BCUT2D eigenvalue weighted by atomic mass is 10.2. The van der Waals surface area contributed by atoms with Gasteiger partial charge in [-0.3, -0.25) is 0 Å². The van der Waals surface area contributed by atoms with E-state index in [2.05, 4.69) is 69.2 Å². The number of unbranched alkanes of at least 4 members (excludes halogenated alkanes) is 30. The average molecular weight is 1070 g/mol. The third kappa shape index (κ3) is 31.2. The van der Waals surface area contributed by atoms with Crippen LogP contribution in [0.4, 0.5) is 0 Å². The molecule has 0 saturated carbocycles. The predicted octanol–water partition coefficient (Wildman–Crippen LogP) is 23.1. The van der Waals surface area contributed by atoms with E-state index < -0.39 is 42.8 Å². The fourth-order valence-corrected chi connectivity index (χ4v) is 45.2. The van der Waals surface area contributed by atoms with Gasteiger partial charge in [-0.1, -0.05) is 326 Å². The van der Waals surface area contributed by atoms with Crippen LogP contribution in [0.2, 0.25) is 60.4 Å². The van der Waals surface area contributed by atoms with E-state index in [1.54, 1.807) is 0 Å². The Hall–Kier alpha value is 0.884. The van der Waals surface area contributed by atoms with Crippen molar-refractivity contribution in [3.05, 3.63) is 0 Å². The minimum Gasteiger partial charge on any atom is -0.415 e. The average Bonchev–Trinajstić information content (AvgIpc) is 3.35. The van der Waals surface area contributed by atoms with Crippen molar-refractivity contribution >= 4 is 42.8 Å². The van der Waals surface area contributed by atoms with Gasteiger partial charge in [0.15, 0.2) is 0 Å². The molecule has 10 heteroatoms. The van der Waals surface area contributed by atoms with Crippen molar-refractivity contribution in [1.82, 2.24) is 0 Å². The van der Waals surface area contributed by atoms with Crippen LogP contribution in [0, 0.1) is 0 Å². The quantitative estimate of drug-likeness (QED) is 0.0449. The third-order valence-electron chi connectivity index (χ3n) is 16.0. The van der Waals surface area contributed by atoms with Gasteiger partial charge in [0, 0.05) is 0 Å². The van der Waals surface area contributed by atoms with Crippen molar-refractivity contribution in [2.75, 3.05) is 0 Å². The van der Waals surface area contributed by atoms with Gasteiger partial charge in [0.05, 0.1) is 0 Å². The molecule has 0 unspecified atom stereocenters. The molecule has 0 amide bonds. The lowest BCUT2D eigenvalue weighted by Gasteiger charge is -2.54. The van der Waals surface area contributed by atoms with Crippen LogP contribution in [0.15, 0.2) is 0 Å².